The van der Waals surface area contributed by atoms with Crippen LogP contribution in [0.4, 0.5) is 5.69 Å². The summed E-state index contributed by atoms with van der Waals surface area (Å²) in [6.45, 7) is 5.20. The van der Waals surface area contributed by atoms with Gasteiger partial charge in [0.2, 0.25) is 5.91 Å². The summed E-state index contributed by atoms with van der Waals surface area (Å²) in [5, 5.41) is 5.31. The van der Waals surface area contributed by atoms with Gasteiger partial charge in [-0.15, -0.1) is 0 Å². The lowest BCUT2D eigenvalue weighted by molar-refractivity contribution is -0.117. The van der Waals surface area contributed by atoms with E-state index in [1.54, 1.807) is 0 Å². The Labute approximate surface area is 172 Å². The lowest BCUT2D eigenvalue weighted by Gasteiger charge is -2.33. The molecule has 1 saturated heterocycles. The SMILES string of the molecule is O=C(CN1CCN(C/C=C/c2ccccc2)CC1)Nc1cccc2ccccc12. The summed E-state index contributed by atoms with van der Waals surface area (Å²) in [6, 6.07) is 24.5. The van der Waals surface area contributed by atoms with Crippen molar-refractivity contribution in [1.29, 1.82) is 0 Å². The minimum absolute atomic E-state index is 0.0544. The molecule has 4 heteroatoms. The molecule has 0 aliphatic carbocycles. The van der Waals surface area contributed by atoms with Crippen molar-refractivity contribution < 1.29 is 4.79 Å². The molecule has 1 amide bonds. The Hall–Kier alpha value is -2.95. The zero-order valence-corrected chi connectivity index (χ0v) is 16.6. The summed E-state index contributed by atoms with van der Waals surface area (Å²) in [5.74, 6) is 0.0544. The number of fused-ring (bicyclic) bond motifs is 1. The van der Waals surface area contributed by atoms with E-state index < -0.39 is 0 Å². The first-order valence-electron chi connectivity index (χ1n) is 10.2. The number of benzene rings is 3. The highest BCUT2D eigenvalue weighted by atomic mass is 16.2. The van der Waals surface area contributed by atoms with Crippen molar-refractivity contribution in [3.63, 3.8) is 0 Å². The molecule has 1 aliphatic rings. The van der Waals surface area contributed by atoms with Crippen molar-refractivity contribution in [3.8, 4) is 0 Å². The maximum atomic E-state index is 12.6. The van der Waals surface area contributed by atoms with Gasteiger partial charge in [0.1, 0.15) is 0 Å². The fraction of sp³-hybridized carbons (Fsp3) is 0.240. The third-order valence-corrected chi connectivity index (χ3v) is 5.37. The first-order chi connectivity index (χ1) is 14.3. The lowest BCUT2D eigenvalue weighted by atomic mass is 10.1. The first-order valence-corrected chi connectivity index (χ1v) is 10.2. The Morgan fingerprint density at radius 2 is 1.52 bits per heavy atom. The smallest absolute Gasteiger partial charge is 0.238 e. The zero-order valence-electron chi connectivity index (χ0n) is 16.6. The fourth-order valence-electron chi connectivity index (χ4n) is 3.76. The summed E-state index contributed by atoms with van der Waals surface area (Å²) in [5.41, 5.74) is 2.12. The molecular weight excluding hydrogens is 358 g/mol. The fourth-order valence-corrected chi connectivity index (χ4v) is 3.76. The van der Waals surface area contributed by atoms with Crippen LogP contribution in [0.15, 0.2) is 78.9 Å². The van der Waals surface area contributed by atoms with Crippen LogP contribution in [-0.4, -0.2) is 55.0 Å². The molecule has 3 aromatic rings. The molecule has 0 atom stereocenters. The summed E-state index contributed by atoms with van der Waals surface area (Å²) in [4.78, 5) is 17.2. The minimum Gasteiger partial charge on any atom is -0.324 e. The predicted octanol–water partition coefficient (Wildman–Crippen LogP) is 4.11. The molecule has 4 rings (SSSR count). The molecule has 0 radical (unpaired) electrons. The second-order valence-corrected chi connectivity index (χ2v) is 7.46. The van der Waals surface area contributed by atoms with Crippen molar-refractivity contribution in [2.75, 3.05) is 44.6 Å². The highest BCUT2D eigenvalue weighted by Crippen LogP contribution is 2.22. The van der Waals surface area contributed by atoms with Crippen LogP contribution in [0.25, 0.3) is 16.8 Å². The van der Waals surface area contributed by atoms with Crippen LogP contribution < -0.4 is 5.32 Å². The van der Waals surface area contributed by atoms with E-state index in [0.29, 0.717) is 6.54 Å². The van der Waals surface area contributed by atoms with Crippen LogP contribution in [0, 0.1) is 0 Å². The Kier molecular flexibility index (Phi) is 6.35. The summed E-state index contributed by atoms with van der Waals surface area (Å²) >= 11 is 0. The molecule has 0 unspecified atom stereocenters. The number of carbonyl (C=O) groups is 1. The van der Waals surface area contributed by atoms with Gasteiger partial charge in [-0.25, -0.2) is 0 Å². The number of carbonyl (C=O) groups excluding carboxylic acids is 1. The van der Waals surface area contributed by atoms with Crippen LogP contribution in [0.3, 0.4) is 0 Å². The van der Waals surface area contributed by atoms with E-state index in [9.17, 15) is 4.79 Å². The molecule has 29 heavy (non-hydrogen) atoms. The average molecular weight is 386 g/mol. The molecule has 1 N–H and O–H groups in total. The number of amides is 1. The molecule has 1 aliphatic heterocycles. The third kappa shape index (κ3) is 5.31. The van der Waals surface area contributed by atoms with Gasteiger partial charge in [-0.3, -0.25) is 14.6 Å². The average Bonchev–Trinajstić information content (AvgIpc) is 2.76. The molecule has 1 fully saturated rings. The van der Waals surface area contributed by atoms with Gasteiger partial charge in [0.25, 0.3) is 0 Å². The second-order valence-electron chi connectivity index (χ2n) is 7.46. The van der Waals surface area contributed by atoms with Crippen LogP contribution in [-0.2, 0) is 4.79 Å². The van der Waals surface area contributed by atoms with Crippen molar-refractivity contribution in [1.82, 2.24) is 9.80 Å². The molecule has 0 aromatic heterocycles. The first kappa shape index (κ1) is 19.4. The van der Waals surface area contributed by atoms with Crippen molar-refractivity contribution in [2.45, 2.75) is 0 Å². The maximum Gasteiger partial charge on any atom is 0.238 e. The van der Waals surface area contributed by atoms with Crippen LogP contribution in [0.5, 0.6) is 0 Å². The molecule has 0 spiro atoms. The number of nitrogens with zero attached hydrogens (tertiary/aromatic N) is 2. The summed E-state index contributed by atoms with van der Waals surface area (Å²) < 4.78 is 0. The molecule has 1 heterocycles. The van der Waals surface area contributed by atoms with E-state index in [1.807, 2.05) is 36.4 Å². The Morgan fingerprint density at radius 1 is 0.828 bits per heavy atom. The lowest BCUT2D eigenvalue weighted by Crippen LogP contribution is -2.48. The number of piperazine rings is 1. The number of hydrogen-bond donors (Lipinski definition) is 1. The Balaban J connectivity index is 1.24. The largest absolute Gasteiger partial charge is 0.324 e. The van der Waals surface area contributed by atoms with Gasteiger partial charge in [0, 0.05) is 43.8 Å². The van der Waals surface area contributed by atoms with Crippen LogP contribution in [0.2, 0.25) is 0 Å². The Bertz CT molecular complexity index is 970. The molecule has 3 aromatic carbocycles. The molecular formula is C25H27N3O. The van der Waals surface area contributed by atoms with Gasteiger partial charge in [0.15, 0.2) is 0 Å². The number of anilines is 1. The van der Waals surface area contributed by atoms with E-state index in [2.05, 4.69) is 63.7 Å². The number of hydrogen-bond acceptors (Lipinski definition) is 3. The molecule has 0 bridgehead atoms. The normalized spacial score (nSPS) is 15.7. The Morgan fingerprint density at radius 3 is 2.34 bits per heavy atom. The van der Waals surface area contributed by atoms with E-state index in [-0.39, 0.29) is 5.91 Å². The van der Waals surface area contributed by atoms with E-state index >= 15 is 0 Å². The van der Waals surface area contributed by atoms with Gasteiger partial charge in [-0.05, 0) is 17.0 Å². The summed E-state index contributed by atoms with van der Waals surface area (Å²) in [6.07, 6.45) is 4.39. The van der Waals surface area contributed by atoms with Crippen LogP contribution in [0.1, 0.15) is 5.56 Å². The van der Waals surface area contributed by atoms with Crippen molar-refractivity contribution >= 4 is 28.4 Å². The van der Waals surface area contributed by atoms with Crippen molar-refractivity contribution in [2.24, 2.45) is 0 Å². The van der Waals surface area contributed by atoms with Crippen LogP contribution >= 0.6 is 0 Å². The van der Waals surface area contributed by atoms with Gasteiger partial charge >= 0.3 is 0 Å². The van der Waals surface area contributed by atoms with Gasteiger partial charge in [-0.2, -0.15) is 0 Å². The standard InChI is InChI=1S/C25H27N3O/c29-25(26-24-14-6-12-22-11-4-5-13-23(22)24)20-28-18-16-27(17-19-28)15-7-10-21-8-2-1-3-9-21/h1-14H,15-20H2,(H,26,29)/b10-7+. The number of rotatable bonds is 6. The molecule has 148 valence electrons. The maximum absolute atomic E-state index is 12.6. The van der Waals surface area contributed by atoms with Crippen molar-refractivity contribution in [3.05, 3.63) is 84.4 Å². The van der Waals surface area contributed by atoms with E-state index in [1.165, 1.54) is 5.56 Å². The number of nitrogens with one attached hydrogen (secondary N) is 1. The minimum atomic E-state index is 0.0544. The predicted molar refractivity (Wildman–Crippen MR) is 121 cm³/mol. The second kappa shape index (κ2) is 9.50. The van der Waals surface area contributed by atoms with E-state index in [0.717, 1.165) is 49.2 Å². The summed E-state index contributed by atoms with van der Waals surface area (Å²) in [7, 11) is 0. The molecule has 0 saturated carbocycles. The van der Waals surface area contributed by atoms with Gasteiger partial charge in [-0.1, -0.05) is 78.9 Å². The molecule has 4 nitrogen and oxygen atoms in total. The van der Waals surface area contributed by atoms with Gasteiger partial charge in [0.05, 0.1) is 6.54 Å². The topological polar surface area (TPSA) is 35.6 Å². The highest BCUT2D eigenvalue weighted by Gasteiger charge is 2.18. The van der Waals surface area contributed by atoms with Gasteiger partial charge < -0.3 is 5.32 Å². The quantitative estimate of drug-likeness (QED) is 0.694. The highest BCUT2D eigenvalue weighted by molar-refractivity contribution is 6.02. The van der Waals surface area contributed by atoms with E-state index in [4.69, 9.17) is 0 Å². The monoisotopic (exact) mass is 385 g/mol. The third-order valence-electron chi connectivity index (χ3n) is 5.37. The zero-order chi connectivity index (χ0) is 19.9.